The van der Waals surface area contributed by atoms with Gasteiger partial charge in [0.25, 0.3) is 0 Å². The molecule has 74 valence electrons. The van der Waals surface area contributed by atoms with E-state index < -0.39 is 18.2 Å². The molecular formula is C7H17NO4. The lowest BCUT2D eigenvalue weighted by atomic mass is 10.2. The second-order valence-electron chi connectivity index (χ2n) is 2.35. The number of ether oxygens (including phenoxy) is 1. The van der Waals surface area contributed by atoms with Crippen molar-refractivity contribution >= 4 is 5.97 Å². The lowest BCUT2D eigenvalue weighted by Crippen LogP contribution is -2.30. The van der Waals surface area contributed by atoms with Crippen molar-refractivity contribution in [3.05, 3.63) is 0 Å². The minimum absolute atomic E-state index is 0. The van der Waals surface area contributed by atoms with Crippen molar-refractivity contribution < 1.29 is 19.7 Å². The topological polar surface area (TPSA) is 102 Å². The van der Waals surface area contributed by atoms with Gasteiger partial charge >= 0.3 is 5.97 Å². The summed E-state index contributed by atoms with van der Waals surface area (Å²) in [5.74, 6) is -0.452. The fourth-order valence-corrected chi connectivity index (χ4v) is 0.586. The Labute approximate surface area is 71.9 Å². The van der Waals surface area contributed by atoms with Gasteiger partial charge in [-0.1, -0.05) is 6.92 Å². The second kappa shape index (κ2) is 7.02. The smallest absolute Gasteiger partial charge is 0.302 e. The highest BCUT2D eigenvalue weighted by Crippen LogP contribution is 1.98. The Morgan fingerprint density at radius 2 is 1.92 bits per heavy atom. The third-order valence-electron chi connectivity index (χ3n) is 1.32. The molecule has 0 aromatic carbocycles. The van der Waals surface area contributed by atoms with Gasteiger partial charge in [0.2, 0.25) is 0 Å². The van der Waals surface area contributed by atoms with Crippen LogP contribution in [0.5, 0.6) is 0 Å². The summed E-state index contributed by atoms with van der Waals surface area (Å²) in [5.41, 5.74) is 0. The molecule has 5 nitrogen and oxygen atoms in total. The van der Waals surface area contributed by atoms with Crippen molar-refractivity contribution in [3.8, 4) is 0 Å². The van der Waals surface area contributed by atoms with E-state index in [1.54, 1.807) is 6.92 Å². The normalized spacial score (nSPS) is 14.3. The standard InChI is InChI=1S/C7H14O4.H3N/c1-3-6(9)7(10)4-11-5(2)8;/h6-7,9-10H,3-4H2,1-2H3;1H3. The number of aliphatic hydroxyl groups excluding tert-OH is 2. The number of hydrogen-bond acceptors (Lipinski definition) is 5. The van der Waals surface area contributed by atoms with Crippen molar-refractivity contribution in [1.82, 2.24) is 6.15 Å². The Morgan fingerprint density at radius 3 is 2.25 bits per heavy atom. The van der Waals surface area contributed by atoms with Crippen LogP contribution in [-0.2, 0) is 9.53 Å². The van der Waals surface area contributed by atoms with Gasteiger partial charge in [-0.05, 0) is 6.42 Å². The molecule has 0 heterocycles. The third kappa shape index (κ3) is 6.09. The SMILES string of the molecule is CCC(O)C(O)COC(C)=O.N. The first-order valence-electron chi connectivity index (χ1n) is 3.57. The fraction of sp³-hybridized carbons (Fsp3) is 0.857. The minimum Gasteiger partial charge on any atom is -0.463 e. The minimum atomic E-state index is -0.969. The predicted octanol–water partition coefficient (Wildman–Crippen LogP) is -0.157. The number of carbonyl (C=O) groups excluding carboxylic acids is 1. The molecule has 0 aromatic heterocycles. The Kier molecular flexibility index (Phi) is 8.14. The van der Waals surface area contributed by atoms with Crippen LogP contribution in [0.4, 0.5) is 0 Å². The van der Waals surface area contributed by atoms with Crippen molar-refractivity contribution in [3.63, 3.8) is 0 Å². The summed E-state index contributed by atoms with van der Waals surface area (Å²) in [6.07, 6.45) is -1.33. The molecular weight excluding hydrogens is 162 g/mol. The van der Waals surface area contributed by atoms with Crippen LogP contribution in [0.3, 0.4) is 0 Å². The molecule has 2 unspecified atom stereocenters. The van der Waals surface area contributed by atoms with Gasteiger partial charge in [0.05, 0.1) is 6.10 Å². The maximum Gasteiger partial charge on any atom is 0.302 e. The molecule has 0 aliphatic heterocycles. The summed E-state index contributed by atoms with van der Waals surface area (Å²) in [6.45, 7) is 2.86. The highest BCUT2D eigenvalue weighted by molar-refractivity contribution is 5.65. The summed E-state index contributed by atoms with van der Waals surface area (Å²) < 4.78 is 4.48. The van der Waals surface area contributed by atoms with Gasteiger partial charge in [0, 0.05) is 6.92 Å². The van der Waals surface area contributed by atoms with E-state index in [4.69, 9.17) is 10.2 Å². The largest absolute Gasteiger partial charge is 0.463 e. The van der Waals surface area contributed by atoms with Gasteiger partial charge in [0.1, 0.15) is 12.7 Å². The van der Waals surface area contributed by atoms with E-state index in [1.807, 2.05) is 0 Å². The van der Waals surface area contributed by atoms with Crippen molar-refractivity contribution in [2.24, 2.45) is 0 Å². The van der Waals surface area contributed by atoms with Crippen molar-refractivity contribution in [2.75, 3.05) is 6.61 Å². The summed E-state index contributed by atoms with van der Waals surface area (Å²) in [6, 6.07) is 0. The van der Waals surface area contributed by atoms with Crippen LogP contribution in [0.25, 0.3) is 0 Å². The maximum absolute atomic E-state index is 10.2. The number of carbonyl (C=O) groups is 1. The first kappa shape index (κ1) is 13.9. The van der Waals surface area contributed by atoms with E-state index in [-0.39, 0.29) is 12.8 Å². The van der Waals surface area contributed by atoms with Crippen LogP contribution in [0, 0.1) is 0 Å². The molecule has 5 N–H and O–H groups in total. The summed E-state index contributed by atoms with van der Waals surface area (Å²) >= 11 is 0. The lowest BCUT2D eigenvalue weighted by molar-refractivity contribution is -0.146. The van der Waals surface area contributed by atoms with E-state index in [1.165, 1.54) is 6.92 Å². The highest BCUT2D eigenvalue weighted by Gasteiger charge is 2.14. The van der Waals surface area contributed by atoms with Gasteiger partial charge in [-0.15, -0.1) is 0 Å². The van der Waals surface area contributed by atoms with Gasteiger partial charge in [-0.25, -0.2) is 0 Å². The molecule has 0 bridgehead atoms. The summed E-state index contributed by atoms with van der Waals surface area (Å²) in [7, 11) is 0. The molecule has 0 radical (unpaired) electrons. The van der Waals surface area contributed by atoms with E-state index in [0.29, 0.717) is 6.42 Å². The van der Waals surface area contributed by atoms with Crippen LogP contribution in [0.2, 0.25) is 0 Å². The Hall–Kier alpha value is -0.650. The average molecular weight is 179 g/mol. The number of aliphatic hydroxyl groups is 2. The van der Waals surface area contributed by atoms with Crippen LogP contribution in [-0.4, -0.2) is 35.0 Å². The zero-order chi connectivity index (χ0) is 8.85. The lowest BCUT2D eigenvalue weighted by Gasteiger charge is -2.14. The maximum atomic E-state index is 10.2. The molecule has 0 fully saturated rings. The molecule has 0 rings (SSSR count). The molecule has 5 heteroatoms. The molecule has 2 atom stereocenters. The molecule has 0 amide bonds. The number of rotatable bonds is 4. The van der Waals surface area contributed by atoms with E-state index in [9.17, 15) is 4.79 Å². The van der Waals surface area contributed by atoms with Gasteiger partial charge in [-0.2, -0.15) is 0 Å². The summed E-state index contributed by atoms with van der Waals surface area (Å²) in [5, 5.41) is 18.0. The van der Waals surface area contributed by atoms with E-state index in [0.717, 1.165) is 0 Å². The molecule has 0 spiro atoms. The third-order valence-corrected chi connectivity index (χ3v) is 1.32. The summed E-state index contributed by atoms with van der Waals surface area (Å²) in [4.78, 5) is 10.2. The Balaban J connectivity index is 0. The zero-order valence-electron chi connectivity index (χ0n) is 7.49. The van der Waals surface area contributed by atoms with Crippen LogP contribution < -0.4 is 6.15 Å². The monoisotopic (exact) mass is 179 g/mol. The molecule has 0 aliphatic carbocycles. The van der Waals surface area contributed by atoms with Crippen LogP contribution >= 0.6 is 0 Å². The fourth-order valence-electron chi connectivity index (χ4n) is 0.586. The van der Waals surface area contributed by atoms with Crippen molar-refractivity contribution in [1.29, 1.82) is 0 Å². The van der Waals surface area contributed by atoms with Crippen molar-refractivity contribution in [2.45, 2.75) is 32.5 Å². The zero-order valence-corrected chi connectivity index (χ0v) is 7.49. The van der Waals surface area contributed by atoms with Gasteiger partial charge in [-0.3, -0.25) is 4.79 Å². The molecule has 0 saturated carbocycles. The van der Waals surface area contributed by atoms with Gasteiger partial charge < -0.3 is 21.1 Å². The molecule has 0 aromatic rings. The number of hydrogen-bond donors (Lipinski definition) is 3. The Bertz CT molecular complexity index is 129. The van der Waals surface area contributed by atoms with Gasteiger partial charge in [0.15, 0.2) is 0 Å². The Morgan fingerprint density at radius 1 is 1.42 bits per heavy atom. The molecule has 0 aliphatic rings. The quantitative estimate of drug-likeness (QED) is 0.520. The predicted molar refractivity (Wildman–Crippen MR) is 44.0 cm³/mol. The van der Waals surface area contributed by atoms with Crippen LogP contribution in [0.15, 0.2) is 0 Å². The first-order chi connectivity index (χ1) is 5.07. The van der Waals surface area contributed by atoms with E-state index in [2.05, 4.69) is 4.74 Å². The molecule has 0 saturated heterocycles. The number of esters is 1. The van der Waals surface area contributed by atoms with E-state index >= 15 is 0 Å². The van der Waals surface area contributed by atoms with Crippen LogP contribution in [0.1, 0.15) is 20.3 Å². The average Bonchev–Trinajstić information content (AvgIpc) is 1.98. The highest BCUT2D eigenvalue weighted by atomic mass is 16.5. The molecule has 12 heavy (non-hydrogen) atoms. The first-order valence-corrected chi connectivity index (χ1v) is 3.57. The second-order valence-corrected chi connectivity index (χ2v) is 2.35.